The summed E-state index contributed by atoms with van der Waals surface area (Å²) in [5, 5.41) is 10.2. The molecule has 0 saturated carbocycles. The van der Waals surface area contributed by atoms with E-state index in [1.165, 1.54) is 18.2 Å². The average molecular weight is 259 g/mol. The van der Waals surface area contributed by atoms with Crippen molar-refractivity contribution in [3.63, 3.8) is 0 Å². The molecule has 6 heteroatoms. The van der Waals surface area contributed by atoms with Gasteiger partial charge in [0.25, 0.3) is 0 Å². The van der Waals surface area contributed by atoms with E-state index in [0.29, 0.717) is 4.90 Å². The van der Waals surface area contributed by atoms with Gasteiger partial charge in [0.2, 0.25) is 0 Å². The predicted molar refractivity (Wildman–Crippen MR) is 48.4 cm³/mol. The zero-order chi connectivity index (χ0) is 9.90. The van der Waals surface area contributed by atoms with Crippen molar-refractivity contribution in [2.24, 2.45) is 0 Å². The van der Waals surface area contributed by atoms with E-state index in [0.717, 1.165) is 11.8 Å². The second-order valence-corrected chi connectivity index (χ2v) is 6.33. The van der Waals surface area contributed by atoms with Crippen molar-refractivity contribution in [2.75, 3.05) is 0 Å². The number of hydrogen-bond acceptors (Lipinski definition) is 3. The van der Waals surface area contributed by atoms with E-state index in [-0.39, 0.29) is 4.35 Å². The monoisotopic (exact) mass is 259 g/mol. The Kier molecular flexibility index (Phi) is 3.23. The van der Waals surface area contributed by atoms with Crippen molar-refractivity contribution >= 4 is 30.3 Å². The van der Waals surface area contributed by atoms with E-state index in [9.17, 15) is 3.74 Å². The Bertz CT molecular complexity index is 395. The third kappa shape index (κ3) is 2.64. The summed E-state index contributed by atoms with van der Waals surface area (Å²) in [4.78, 5) is 0.331. The molecule has 68 valence electrons. The average Bonchev–Trinajstić information content (AvgIpc) is 2.04. The van der Waals surface area contributed by atoms with Crippen molar-refractivity contribution in [3.05, 3.63) is 24.3 Å². The van der Waals surface area contributed by atoms with Crippen LogP contribution in [0.5, 0.6) is 0 Å². The van der Waals surface area contributed by atoms with Crippen LogP contribution in [0.25, 0.3) is 0 Å². The number of rotatable bonds is 2. The summed E-state index contributed by atoms with van der Waals surface area (Å²) in [5.41, 5.74) is 0. The fraction of sp³-hybridized carbons (Fsp3) is 0. The third-order valence-corrected chi connectivity index (χ3v) is 4.47. The van der Waals surface area contributed by atoms with Crippen LogP contribution < -0.4 is 4.35 Å². The first-order chi connectivity index (χ1) is 6.05. The summed E-state index contributed by atoms with van der Waals surface area (Å²) >= 11 is -4.11. The van der Waals surface area contributed by atoms with Gasteiger partial charge in [-0.25, -0.2) is 0 Å². The Morgan fingerprint density at radius 1 is 1.38 bits per heavy atom. The van der Waals surface area contributed by atoms with Crippen LogP contribution in [0.15, 0.2) is 29.2 Å². The number of nitriles is 1. The van der Waals surface area contributed by atoms with Crippen molar-refractivity contribution in [1.29, 1.82) is 5.26 Å². The Morgan fingerprint density at radius 3 is 2.54 bits per heavy atom. The van der Waals surface area contributed by atoms with E-state index in [2.05, 4.69) is 0 Å². The summed E-state index contributed by atoms with van der Waals surface area (Å²) in [6, 6.07) is 6.04. The normalized spacial score (nSPS) is 10.8. The summed E-state index contributed by atoms with van der Waals surface area (Å²) in [5.74, 6) is 0. The molecule has 4 nitrogen and oxygen atoms in total. The molecule has 0 atom stereocenters. The molecule has 0 aliphatic heterocycles. The molecule has 13 heavy (non-hydrogen) atoms. The number of nitrogens with zero attached hydrogens (tertiary/aromatic N) is 1. The molecule has 1 aromatic carbocycles. The minimum absolute atomic E-state index is 0.0350. The summed E-state index contributed by atoms with van der Waals surface area (Å²) in [6.07, 6.45) is 0. The van der Waals surface area contributed by atoms with Crippen LogP contribution in [-0.4, -0.2) is 22.4 Å². The molecule has 0 saturated heterocycles. The molecule has 0 spiro atoms. The van der Waals surface area contributed by atoms with Gasteiger partial charge >= 0.3 is 82.0 Å². The molecule has 0 radical (unpaired) electrons. The SMILES string of the molecule is N#CSc1ccccc1[As](=O)(O)O. The predicted octanol–water partition coefficient (Wildman–Crippen LogP) is -0.179. The summed E-state index contributed by atoms with van der Waals surface area (Å²) in [7, 11) is 0. The molecule has 0 aliphatic carbocycles. The van der Waals surface area contributed by atoms with Crippen LogP contribution in [0, 0.1) is 10.7 Å². The topological polar surface area (TPSA) is 81.3 Å². The van der Waals surface area contributed by atoms with Gasteiger partial charge in [0.15, 0.2) is 0 Å². The van der Waals surface area contributed by atoms with Crippen LogP contribution in [0.1, 0.15) is 0 Å². The third-order valence-electron chi connectivity index (χ3n) is 1.33. The minimum atomic E-state index is -4.87. The zero-order valence-electron chi connectivity index (χ0n) is 6.41. The molecular formula is C7H6AsNO3S. The van der Waals surface area contributed by atoms with Crippen molar-refractivity contribution in [3.8, 4) is 5.40 Å². The van der Waals surface area contributed by atoms with Crippen molar-refractivity contribution in [1.82, 2.24) is 0 Å². The molecule has 0 heterocycles. The number of benzene rings is 1. The number of hydrogen-bond donors (Lipinski definition) is 2. The summed E-state index contributed by atoms with van der Waals surface area (Å²) < 4.78 is 28.8. The van der Waals surface area contributed by atoms with Gasteiger partial charge < -0.3 is 0 Å². The van der Waals surface area contributed by atoms with Gasteiger partial charge in [-0.3, -0.25) is 0 Å². The fourth-order valence-corrected chi connectivity index (χ4v) is 3.50. The summed E-state index contributed by atoms with van der Waals surface area (Å²) in [6.45, 7) is 0. The van der Waals surface area contributed by atoms with Gasteiger partial charge in [-0.2, -0.15) is 0 Å². The standard InChI is InChI=1S/C7H6AsNO3S/c9-5-13-7-4-2-1-3-6(7)8(10,11)12/h1-4H,(H2,10,11,12). The maximum absolute atomic E-state index is 11.0. The maximum atomic E-state index is 11.0. The zero-order valence-corrected chi connectivity index (χ0v) is 9.11. The van der Waals surface area contributed by atoms with E-state index in [4.69, 9.17) is 13.5 Å². The van der Waals surface area contributed by atoms with E-state index in [1.54, 1.807) is 11.5 Å². The molecule has 1 rings (SSSR count). The molecule has 1 aromatic rings. The molecule has 0 unspecified atom stereocenters. The molecule has 2 N–H and O–H groups in total. The first kappa shape index (κ1) is 10.4. The Labute approximate surface area is 82.2 Å². The molecular weight excluding hydrogens is 253 g/mol. The Balaban J connectivity index is 3.22. The van der Waals surface area contributed by atoms with Crippen LogP contribution >= 0.6 is 11.8 Å². The van der Waals surface area contributed by atoms with Crippen LogP contribution in [0.4, 0.5) is 0 Å². The van der Waals surface area contributed by atoms with E-state index in [1.807, 2.05) is 0 Å². The second-order valence-electron chi connectivity index (χ2n) is 2.21. The number of thioether (sulfide) groups is 1. The number of thiocyanates is 1. The van der Waals surface area contributed by atoms with Crippen molar-refractivity contribution < 1.29 is 11.9 Å². The quantitative estimate of drug-likeness (QED) is 0.437. The Morgan fingerprint density at radius 2 is 2.00 bits per heavy atom. The van der Waals surface area contributed by atoms with Gasteiger partial charge in [-0.05, 0) is 0 Å². The molecule has 0 fully saturated rings. The van der Waals surface area contributed by atoms with Crippen molar-refractivity contribution in [2.45, 2.75) is 4.90 Å². The van der Waals surface area contributed by atoms with E-state index < -0.39 is 14.2 Å². The van der Waals surface area contributed by atoms with E-state index >= 15 is 0 Å². The van der Waals surface area contributed by atoms with Gasteiger partial charge in [-0.15, -0.1) is 0 Å². The van der Waals surface area contributed by atoms with Crippen LogP contribution in [-0.2, 0) is 3.74 Å². The van der Waals surface area contributed by atoms with Gasteiger partial charge in [0.1, 0.15) is 0 Å². The molecule has 0 amide bonds. The van der Waals surface area contributed by atoms with Crippen LogP contribution in [0.2, 0.25) is 0 Å². The first-order valence-electron chi connectivity index (χ1n) is 3.27. The fourth-order valence-electron chi connectivity index (χ4n) is 0.833. The molecule has 0 aliphatic rings. The molecule has 0 bridgehead atoms. The van der Waals surface area contributed by atoms with Gasteiger partial charge in [0.05, 0.1) is 0 Å². The van der Waals surface area contributed by atoms with Gasteiger partial charge in [-0.1, -0.05) is 0 Å². The van der Waals surface area contributed by atoms with Crippen LogP contribution in [0.3, 0.4) is 0 Å². The second kappa shape index (κ2) is 4.03. The molecule has 0 aromatic heterocycles. The van der Waals surface area contributed by atoms with Gasteiger partial charge in [0, 0.05) is 0 Å². The first-order valence-corrected chi connectivity index (χ1v) is 7.46. The Hall–Kier alpha value is -0.662.